The molecule has 22 heavy (non-hydrogen) atoms. The van der Waals surface area contributed by atoms with E-state index in [9.17, 15) is 4.79 Å². The van der Waals surface area contributed by atoms with Crippen LogP contribution in [0.1, 0.15) is 59.3 Å². The zero-order valence-corrected chi connectivity index (χ0v) is 15.7. The van der Waals surface area contributed by atoms with Crippen LogP contribution in [-0.2, 0) is 14.3 Å². The SMILES string of the molecule is CC1(C)[C@@H]2CC[C@@]1(C)C(=O)[C@H]2[Se]C[C@H]1CC[C@]2(CCCO2)O1. The normalized spacial score (nSPS) is 49.6. The van der Waals surface area contributed by atoms with Gasteiger partial charge in [-0.25, -0.2) is 0 Å². The van der Waals surface area contributed by atoms with E-state index in [4.69, 9.17) is 9.47 Å². The number of Topliss-reactive ketones (excluding diaryl/α,β-unsaturated/α-hetero) is 1. The van der Waals surface area contributed by atoms with Gasteiger partial charge < -0.3 is 0 Å². The van der Waals surface area contributed by atoms with Crippen LogP contribution in [0.25, 0.3) is 0 Å². The average Bonchev–Trinajstić information content (AvgIpc) is 3.18. The summed E-state index contributed by atoms with van der Waals surface area (Å²) < 4.78 is 12.1. The van der Waals surface area contributed by atoms with Crippen molar-refractivity contribution in [2.45, 2.75) is 81.3 Å². The molecule has 2 saturated heterocycles. The summed E-state index contributed by atoms with van der Waals surface area (Å²) in [5.41, 5.74) is 0.138. The fourth-order valence-corrected chi connectivity index (χ4v) is 9.02. The van der Waals surface area contributed by atoms with Gasteiger partial charge in [0.1, 0.15) is 0 Å². The molecule has 4 heteroatoms. The van der Waals surface area contributed by atoms with Crippen molar-refractivity contribution in [2.24, 2.45) is 16.7 Å². The molecule has 124 valence electrons. The molecule has 2 aliphatic carbocycles. The Morgan fingerprint density at radius 1 is 1.18 bits per heavy atom. The molecule has 4 aliphatic rings. The predicted molar refractivity (Wildman–Crippen MR) is 86.0 cm³/mol. The molecule has 3 nitrogen and oxygen atoms in total. The molecule has 0 aromatic heterocycles. The molecule has 2 saturated carbocycles. The van der Waals surface area contributed by atoms with Crippen LogP contribution < -0.4 is 0 Å². The van der Waals surface area contributed by atoms with Gasteiger partial charge in [-0.1, -0.05) is 0 Å². The van der Waals surface area contributed by atoms with E-state index in [2.05, 4.69) is 20.8 Å². The number of ether oxygens (including phenoxy) is 2. The fourth-order valence-electron chi connectivity index (χ4n) is 5.29. The number of rotatable bonds is 3. The monoisotopic (exact) mass is 372 g/mol. The van der Waals surface area contributed by atoms with Gasteiger partial charge in [-0.2, -0.15) is 0 Å². The topological polar surface area (TPSA) is 35.5 Å². The van der Waals surface area contributed by atoms with Gasteiger partial charge in [0.25, 0.3) is 0 Å². The van der Waals surface area contributed by atoms with Crippen LogP contribution in [0.4, 0.5) is 0 Å². The third-order valence-electron chi connectivity index (χ3n) is 7.23. The summed E-state index contributed by atoms with van der Waals surface area (Å²) in [6, 6.07) is 0. The quantitative estimate of drug-likeness (QED) is 0.711. The number of hydrogen-bond donors (Lipinski definition) is 0. The van der Waals surface area contributed by atoms with Gasteiger partial charge in [0.2, 0.25) is 0 Å². The van der Waals surface area contributed by atoms with E-state index in [1.807, 2.05) is 0 Å². The molecular formula is C18H28O3Se. The molecule has 0 aromatic rings. The molecule has 2 bridgehead atoms. The van der Waals surface area contributed by atoms with Crippen molar-refractivity contribution in [3.8, 4) is 0 Å². The Balaban J connectivity index is 1.38. The maximum absolute atomic E-state index is 12.9. The molecule has 4 rings (SSSR count). The first-order chi connectivity index (χ1) is 10.4. The molecule has 0 N–H and O–H groups in total. The summed E-state index contributed by atoms with van der Waals surface area (Å²) in [6.45, 7) is 7.73. The predicted octanol–water partition coefficient (Wildman–Crippen LogP) is 3.61. The minimum absolute atomic E-state index is 0.0591. The van der Waals surface area contributed by atoms with E-state index in [1.165, 1.54) is 6.42 Å². The molecule has 0 aromatic carbocycles. The molecular weight excluding hydrogens is 343 g/mol. The molecule has 2 aliphatic heterocycles. The Bertz CT molecular complexity index is 483. The van der Waals surface area contributed by atoms with Gasteiger partial charge >= 0.3 is 140 Å². The van der Waals surface area contributed by atoms with Crippen LogP contribution in [0, 0.1) is 16.7 Å². The maximum atomic E-state index is 12.9. The van der Waals surface area contributed by atoms with Crippen LogP contribution >= 0.6 is 0 Å². The van der Waals surface area contributed by atoms with Gasteiger partial charge in [0, 0.05) is 0 Å². The zero-order chi connectivity index (χ0) is 15.6. The van der Waals surface area contributed by atoms with Crippen molar-refractivity contribution in [3.63, 3.8) is 0 Å². The van der Waals surface area contributed by atoms with Crippen molar-refractivity contribution >= 4 is 20.7 Å². The van der Waals surface area contributed by atoms with Gasteiger partial charge in [-0.05, 0) is 0 Å². The summed E-state index contributed by atoms with van der Waals surface area (Å²) in [4.78, 5) is 13.2. The fraction of sp³-hybridized carbons (Fsp3) is 0.944. The first kappa shape index (κ1) is 15.6. The third kappa shape index (κ3) is 2.03. The summed E-state index contributed by atoms with van der Waals surface area (Å²) in [6.07, 6.45) is 7.06. The Morgan fingerprint density at radius 2 is 2.00 bits per heavy atom. The minimum atomic E-state index is -0.245. The number of ketones is 1. The zero-order valence-electron chi connectivity index (χ0n) is 14.0. The van der Waals surface area contributed by atoms with Crippen LogP contribution in [0.15, 0.2) is 0 Å². The van der Waals surface area contributed by atoms with Crippen LogP contribution in [0.2, 0.25) is 10.1 Å². The summed E-state index contributed by atoms with van der Waals surface area (Å²) >= 11 is 0.381. The Labute approximate surface area is 140 Å². The Hall–Kier alpha value is 0.109. The summed E-state index contributed by atoms with van der Waals surface area (Å²) in [7, 11) is 0. The van der Waals surface area contributed by atoms with Crippen LogP contribution in [0.3, 0.4) is 0 Å². The third-order valence-corrected chi connectivity index (χ3v) is 10.3. The van der Waals surface area contributed by atoms with E-state index < -0.39 is 0 Å². The van der Waals surface area contributed by atoms with Crippen LogP contribution in [0.5, 0.6) is 0 Å². The average molecular weight is 371 g/mol. The molecule has 1 spiro atoms. The van der Waals surface area contributed by atoms with E-state index in [0.717, 1.165) is 44.0 Å². The molecule has 5 atom stereocenters. The second-order valence-electron chi connectivity index (χ2n) is 8.46. The van der Waals surface area contributed by atoms with Gasteiger partial charge in [-0.15, -0.1) is 0 Å². The van der Waals surface area contributed by atoms with Crippen molar-refractivity contribution in [1.82, 2.24) is 0 Å². The molecule has 0 amide bonds. The van der Waals surface area contributed by atoms with Crippen molar-refractivity contribution < 1.29 is 14.3 Å². The van der Waals surface area contributed by atoms with Gasteiger partial charge in [-0.3, -0.25) is 0 Å². The Morgan fingerprint density at radius 3 is 2.64 bits per heavy atom. The number of hydrogen-bond acceptors (Lipinski definition) is 3. The molecule has 2 heterocycles. The van der Waals surface area contributed by atoms with E-state index in [-0.39, 0.29) is 16.6 Å². The molecule has 0 radical (unpaired) electrons. The van der Waals surface area contributed by atoms with Gasteiger partial charge in [0.05, 0.1) is 0 Å². The van der Waals surface area contributed by atoms with Crippen molar-refractivity contribution in [2.75, 3.05) is 6.61 Å². The first-order valence-corrected chi connectivity index (χ1v) is 11.1. The van der Waals surface area contributed by atoms with Crippen molar-refractivity contribution in [3.05, 3.63) is 0 Å². The van der Waals surface area contributed by atoms with Crippen molar-refractivity contribution in [1.29, 1.82) is 0 Å². The number of carbonyl (C=O) groups is 1. The molecule has 4 fully saturated rings. The summed E-state index contributed by atoms with van der Waals surface area (Å²) in [5.74, 6) is 0.937. The van der Waals surface area contributed by atoms with E-state index in [1.54, 1.807) is 0 Å². The number of carbonyl (C=O) groups excluding carboxylic acids is 1. The van der Waals surface area contributed by atoms with E-state index >= 15 is 0 Å². The first-order valence-electron chi connectivity index (χ1n) is 8.86. The van der Waals surface area contributed by atoms with Gasteiger partial charge in [0.15, 0.2) is 0 Å². The number of fused-ring (bicyclic) bond motifs is 2. The van der Waals surface area contributed by atoms with E-state index in [0.29, 0.717) is 37.6 Å². The molecule has 0 unspecified atom stereocenters. The Kier molecular flexibility index (Phi) is 3.59. The summed E-state index contributed by atoms with van der Waals surface area (Å²) in [5, 5.41) is 1.09. The second-order valence-corrected chi connectivity index (χ2v) is 10.9. The second kappa shape index (κ2) is 5.05. The standard InChI is InChI=1S/C18H28O3Se/c1-16(2)13-6-8-17(16,3)15(19)14(13)22-11-12-5-9-18(21-12)7-4-10-20-18/h12-14H,4-11H2,1-3H3/t12-,13-,14+,17+,18+/m1/s1. The van der Waals surface area contributed by atoms with Crippen LogP contribution in [-0.4, -0.2) is 39.2 Å².